The van der Waals surface area contributed by atoms with E-state index in [-0.39, 0.29) is 18.6 Å². The molecular weight excluding hydrogens is 292 g/mol. The third-order valence-electron chi connectivity index (χ3n) is 4.35. The summed E-state index contributed by atoms with van der Waals surface area (Å²) in [7, 11) is 0. The molecule has 0 aliphatic heterocycles. The predicted molar refractivity (Wildman–Crippen MR) is 76.4 cm³/mol. The minimum absolute atomic E-state index is 0.0650. The van der Waals surface area contributed by atoms with Gasteiger partial charge in [0.25, 0.3) is 0 Å². The molecule has 0 spiro atoms. The summed E-state index contributed by atoms with van der Waals surface area (Å²) in [5.41, 5.74) is 0.813. The van der Waals surface area contributed by atoms with Crippen LogP contribution in [0.5, 0.6) is 0 Å². The zero-order valence-corrected chi connectivity index (χ0v) is 12.2. The van der Waals surface area contributed by atoms with Crippen molar-refractivity contribution in [2.45, 2.75) is 32.1 Å². The number of aliphatic hydroxyl groups excluding tert-OH is 2. The number of rotatable bonds is 5. The number of hydrogen-bond donors (Lipinski definition) is 2. The van der Waals surface area contributed by atoms with E-state index >= 15 is 0 Å². The fourth-order valence-electron chi connectivity index (χ4n) is 3.12. The topological polar surface area (TPSA) is 40.5 Å². The third kappa shape index (κ3) is 2.79. The highest BCUT2D eigenvalue weighted by Gasteiger charge is 2.39. The molecule has 2 N–H and O–H groups in total. The molecule has 100 valence electrons. The van der Waals surface area contributed by atoms with E-state index in [2.05, 4.69) is 22.0 Å². The Morgan fingerprint density at radius 2 is 1.72 bits per heavy atom. The minimum Gasteiger partial charge on any atom is -0.396 e. The van der Waals surface area contributed by atoms with Crippen LogP contribution in [-0.2, 0) is 6.42 Å². The number of benzene rings is 1. The van der Waals surface area contributed by atoms with Gasteiger partial charge in [0.05, 0.1) is 13.2 Å². The molecule has 0 aromatic heterocycles. The van der Waals surface area contributed by atoms with Gasteiger partial charge in [-0.25, -0.2) is 0 Å². The summed E-state index contributed by atoms with van der Waals surface area (Å²) in [6.45, 7) is 0.130. The van der Waals surface area contributed by atoms with Crippen molar-refractivity contribution >= 4 is 15.9 Å². The highest BCUT2D eigenvalue weighted by atomic mass is 79.9. The average Bonchev–Trinajstić information content (AvgIpc) is 2.93. The molecule has 2 rings (SSSR count). The monoisotopic (exact) mass is 312 g/mol. The van der Waals surface area contributed by atoms with E-state index in [1.54, 1.807) is 0 Å². The Morgan fingerprint density at radius 3 is 2.28 bits per heavy atom. The van der Waals surface area contributed by atoms with Crippen molar-refractivity contribution in [1.29, 1.82) is 0 Å². The van der Waals surface area contributed by atoms with Gasteiger partial charge in [-0.15, -0.1) is 0 Å². The van der Waals surface area contributed by atoms with E-state index < -0.39 is 0 Å². The largest absolute Gasteiger partial charge is 0.396 e. The van der Waals surface area contributed by atoms with Crippen LogP contribution < -0.4 is 0 Å². The lowest BCUT2D eigenvalue weighted by Gasteiger charge is -2.36. The standard InChI is InChI=1S/C15H21BrO2/c16-14-8-4-1-5-12(14)9-15(10-17,11-18)13-6-2-3-7-13/h1,4-5,8,13,17-18H,2-3,6-7,9-11H2. The van der Waals surface area contributed by atoms with Crippen LogP contribution in [0.1, 0.15) is 31.2 Å². The third-order valence-corrected chi connectivity index (χ3v) is 5.12. The molecule has 0 radical (unpaired) electrons. The van der Waals surface area contributed by atoms with Crippen LogP contribution in [0.3, 0.4) is 0 Å². The quantitative estimate of drug-likeness (QED) is 0.877. The maximum atomic E-state index is 9.81. The molecule has 18 heavy (non-hydrogen) atoms. The smallest absolute Gasteiger partial charge is 0.0515 e. The van der Waals surface area contributed by atoms with E-state index in [1.165, 1.54) is 18.4 Å². The molecule has 1 saturated carbocycles. The van der Waals surface area contributed by atoms with Gasteiger partial charge in [-0.3, -0.25) is 0 Å². The lowest BCUT2D eigenvalue weighted by Crippen LogP contribution is -2.39. The number of hydrogen-bond acceptors (Lipinski definition) is 2. The fraction of sp³-hybridized carbons (Fsp3) is 0.600. The average molecular weight is 313 g/mol. The van der Waals surface area contributed by atoms with Crippen LogP contribution in [0, 0.1) is 11.3 Å². The van der Waals surface area contributed by atoms with Crippen molar-refractivity contribution < 1.29 is 10.2 Å². The highest BCUT2D eigenvalue weighted by molar-refractivity contribution is 9.10. The van der Waals surface area contributed by atoms with Crippen molar-refractivity contribution in [3.63, 3.8) is 0 Å². The summed E-state index contributed by atoms with van der Waals surface area (Å²) >= 11 is 3.55. The molecule has 1 fully saturated rings. The van der Waals surface area contributed by atoms with Gasteiger partial charge in [0.15, 0.2) is 0 Å². The second-order valence-corrected chi connectivity index (χ2v) is 6.28. The molecule has 0 bridgehead atoms. The van der Waals surface area contributed by atoms with Gasteiger partial charge in [0.1, 0.15) is 0 Å². The number of halogens is 1. The van der Waals surface area contributed by atoms with Crippen LogP contribution in [0.15, 0.2) is 28.7 Å². The molecule has 1 aliphatic carbocycles. The molecule has 0 unspecified atom stereocenters. The molecule has 2 nitrogen and oxygen atoms in total. The lowest BCUT2D eigenvalue weighted by molar-refractivity contribution is 0.00558. The zero-order chi connectivity index (χ0) is 13.0. The van der Waals surface area contributed by atoms with Crippen molar-refractivity contribution in [2.24, 2.45) is 11.3 Å². The summed E-state index contributed by atoms with van der Waals surface area (Å²) in [4.78, 5) is 0. The van der Waals surface area contributed by atoms with Crippen molar-refractivity contribution in [3.8, 4) is 0 Å². The van der Waals surface area contributed by atoms with Crippen molar-refractivity contribution in [3.05, 3.63) is 34.3 Å². The SMILES string of the molecule is OCC(CO)(Cc1ccccc1Br)C1CCCC1. The molecule has 0 atom stereocenters. The highest BCUT2D eigenvalue weighted by Crippen LogP contribution is 2.42. The van der Waals surface area contributed by atoms with Gasteiger partial charge >= 0.3 is 0 Å². The van der Waals surface area contributed by atoms with E-state index in [0.29, 0.717) is 5.92 Å². The Bertz CT molecular complexity index is 382. The second kappa shape index (κ2) is 6.18. The zero-order valence-electron chi connectivity index (χ0n) is 10.6. The van der Waals surface area contributed by atoms with Crippen LogP contribution >= 0.6 is 15.9 Å². The Labute approximate surface area is 117 Å². The first kappa shape index (κ1) is 14.0. The first-order valence-corrected chi connectivity index (χ1v) is 7.46. The molecule has 0 heterocycles. The summed E-state index contributed by atoms with van der Waals surface area (Å²) in [6, 6.07) is 8.08. The summed E-state index contributed by atoms with van der Waals surface area (Å²) in [6.07, 6.45) is 5.45. The number of aliphatic hydroxyl groups is 2. The maximum absolute atomic E-state index is 9.81. The molecule has 1 aliphatic rings. The second-order valence-electron chi connectivity index (χ2n) is 5.43. The van der Waals surface area contributed by atoms with E-state index in [9.17, 15) is 10.2 Å². The fourth-order valence-corrected chi connectivity index (χ4v) is 3.55. The molecule has 1 aromatic rings. The van der Waals surface area contributed by atoms with Gasteiger partial charge in [-0.2, -0.15) is 0 Å². The molecule has 0 saturated heterocycles. The Kier molecular flexibility index (Phi) is 4.82. The predicted octanol–water partition coefficient (Wildman–Crippen LogP) is 3.15. The minimum atomic E-state index is -0.361. The van der Waals surface area contributed by atoms with Crippen molar-refractivity contribution in [2.75, 3.05) is 13.2 Å². The van der Waals surface area contributed by atoms with E-state index in [4.69, 9.17) is 0 Å². The Balaban J connectivity index is 2.22. The molecular formula is C15H21BrO2. The normalized spacial score (nSPS) is 17.3. The van der Waals surface area contributed by atoms with Gasteiger partial charge in [-0.1, -0.05) is 47.0 Å². The van der Waals surface area contributed by atoms with Crippen LogP contribution in [0.2, 0.25) is 0 Å². The summed E-state index contributed by atoms with van der Waals surface area (Å²) < 4.78 is 1.06. The van der Waals surface area contributed by atoms with Gasteiger partial charge in [-0.05, 0) is 36.8 Å². The van der Waals surface area contributed by atoms with Gasteiger partial charge in [0.2, 0.25) is 0 Å². The maximum Gasteiger partial charge on any atom is 0.0515 e. The van der Waals surface area contributed by atoms with E-state index in [0.717, 1.165) is 23.7 Å². The van der Waals surface area contributed by atoms with Crippen molar-refractivity contribution in [1.82, 2.24) is 0 Å². The molecule has 3 heteroatoms. The van der Waals surface area contributed by atoms with Crippen LogP contribution in [0.25, 0.3) is 0 Å². The van der Waals surface area contributed by atoms with Gasteiger partial charge < -0.3 is 10.2 Å². The first-order valence-electron chi connectivity index (χ1n) is 6.67. The van der Waals surface area contributed by atoms with Crippen LogP contribution in [-0.4, -0.2) is 23.4 Å². The summed E-state index contributed by atoms with van der Waals surface area (Å²) in [5.74, 6) is 0.444. The van der Waals surface area contributed by atoms with E-state index in [1.807, 2.05) is 18.2 Å². The molecule has 0 amide bonds. The Hall–Kier alpha value is -0.380. The summed E-state index contributed by atoms with van der Waals surface area (Å²) in [5, 5.41) is 19.6. The molecule has 1 aromatic carbocycles. The van der Waals surface area contributed by atoms with Gasteiger partial charge in [0, 0.05) is 9.89 Å². The first-order chi connectivity index (χ1) is 8.72. The lowest BCUT2D eigenvalue weighted by atomic mass is 9.71. The Morgan fingerprint density at radius 1 is 1.11 bits per heavy atom. The van der Waals surface area contributed by atoms with Crippen LogP contribution in [0.4, 0.5) is 0 Å².